The van der Waals surface area contributed by atoms with Crippen molar-refractivity contribution in [2.75, 3.05) is 13.1 Å². The van der Waals surface area contributed by atoms with Crippen LogP contribution in [0.1, 0.15) is 12.0 Å². The molecule has 0 spiro atoms. The summed E-state index contributed by atoms with van der Waals surface area (Å²) in [6, 6.07) is 1.92. The third-order valence-electron chi connectivity index (χ3n) is 2.42. The van der Waals surface area contributed by atoms with Crippen molar-refractivity contribution in [2.24, 2.45) is 0 Å². The van der Waals surface area contributed by atoms with Gasteiger partial charge in [0.15, 0.2) is 0 Å². The van der Waals surface area contributed by atoms with E-state index in [1.165, 1.54) is 0 Å². The highest BCUT2D eigenvalue weighted by Crippen LogP contribution is 2.16. The highest BCUT2D eigenvalue weighted by Gasteiger charge is 2.27. The largest absolute Gasteiger partial charge is 0.472 e. The predicted octanol–water partition coefficient (Wildman–Crippen LogP) is 1.66. The molecule has 1 aromatic rings. The SMILES string of the molecule is O=C1CC(Cl)CN1CCc1ccoc1. The molecule has 0 radical (unpaired) electrons. The molecule has 4 heteroatoms. The van der Waals surface area contributed by atoms with Gasteiger partial charge in [0.25, 0.3) is 0 Å². The number of hydrogen-bond donors (Lipinski definition) is 0. The number of likely N-dealkylation sites (tertiary alicyclic amines) is 1. The smallest absolute Gasteiger partial charge is 0.224 e. The maximum atomic E-state index is 11.4. The molecule has 0 saturated carbocycles. The number of hydrogen-bond acceptors (Lipinski definition) is 2. The molecule has 1 atom stereocenters. The zero-order valence-electron chi connectivity index (χ0n) is 7.78. The van der Waals surface area contributed by atoms with E-state index >= 15 is 0 Å². The summed E-state index contributed by atoms with van der Waals surface area (Å²) in [5.41, 5.74) is 1.12. The fraction of sp³-hybridized carbons (Fsp3) is 0.500. The molecule has 0 aliphatic carbocycles. The third kappa shape index (κ3) is 2.10. The Bertz CT molecular complexity index is 310. The predicted molar refractivity (Wildman–Crippen MR) is 53.3 cm³/mol. The second-order valence-electron chi connectivity index (χ2n) is 3.52. The third-order valence-corrected chi connectivity index (χ3v) is 2.71. The summed E-state index contributed by atoms with van der Waals surface area (Å²) in [5, 5.41) is -0.00755. The minimum absolute atomic E-state index is 0.00755. The Morgan fingerprint density at radius 2 is 2.50 bits per heavy atom. The molecule has 1 aliphatic heterocycles. The maximum absolute atomic E-state index is 11.4. The second-order valence-corrected chi connectivity index (χ2v) is 4.14. The van der Waals surface area contributed by atoms with E-state index < -0.39 is 0 Å². The Morgan fingerprint density at radius 1 is 1.64 bits per heavy atom. The number of amides is 1. The Balaban J connectivity index is 1.84. The summed E-state index contributed by atoms with van der Waals surface area (Å²) in [6.07, 6.45) is 4.67. The van der Waals surface area contributed by atoms with Crippen molar-refractivity contribution in [2.45, 2.75) is 18.2 Å². The molecule has 1 amide bonds. The molecule has 14 heavy (non-hydrogen) atoms. The summed E-state index contributed by atoms with van der Waals surface area (Å²) in [4.78, 5) is 13.2. The van der Waals surface area contributed by atoms with E-state index in [-0.39, 0.29) is 11.3 Å². The maximum Gasteiger partial charge on any atom is 0.224 e. The van der Waals surface area contributed by atoms with E-state index in [0.717, 1.165) is 18.5 Å². The van der Waals surface area contributed by atoms with Crippen LogP contribution >= 0.6 is 11.6 Å². The first-order chi connectivity index (χ1) is 6.75. The Kier molecular flexibility index (Phi) is 2.77. The first-order valence-corrected chi connectivity index (χ1v) is 5.12. The van der Waals surface area contributed by atoms with E-state index in [2.05, 4.69) is 0 Å². The van der Waals surface area contributed by atoms with E-state index in [1.807, 2.05) is 11.0 Å². The van der Waals surface area contributed by atoms with E-state index in [0.29, 0.717) is 13.0 Å². The number of carbonyl (C=O) groups is 1. The van der Waals surface area contributed by atoms with Crippen LogP contribution in [0.5, 0.6) is 0 Å². The first-order valence-electron chi connectivity index (χ1n) is 4.68. The minimum Gasteiger partial charge on any atom is -0.472 e. The van der Waals surface area contributed by atoms with Gasteiger partial charge in [-0.05, 0) is 18.1 Å². The molecule has 2 rings (SSSR count). The Morgan fingerprint density at radius 3 is 3.07 bits per heavy atom. The van der Waals surface area contributed by atoms with E-state index in [1.54, 1.807) is 12.5 Å². The van der Waals surface area contributed by atoms with Crippen molar-refractivity contribution in [3.8, 4) is 0 Å². The fourth-order valence-corrected chi connectivity index (χ4v) is 1.94. The number of furan rings is 1. The number of halogens is 1. The summed E-state index contributed by atoms with van der Waals surface area (Å²) in [6.45, 7) is 1.42. The van der Waals surface area contributed by atoms with Gasteiger partial charge in [-0.15, -0.1) is 11.6 Å². The molecular weight excluding hydrogens is 202 g/mol. The molecule has 0 N–H and O–H groups in total. The van der Waals surface area contributed by atoms with Crippen LogP contribution in [0, 0.1) is 0 Å². The lowest BCUT2D eigenvalue weighted by Gasteiger charge is -2.14. The minimum atomic E-state index is -0.00755. The van der Waals surface area contributed by atoms with E-state index in [4.69, 9.17) is 16.0 Å². The number of carbonyl (C=O) groups excluding carboxylic acids is 1. The molecule has 1 fully saturated rings. The molecule has 0 aromatic carbocycles. The highest BCUT2D eigenvalue weighted by molar-refractivity contribution is 6.22. The van der Waals surface area contributed by atoms with Crippen molar-refractivity contribution < 1.29 is 9.21 Å². The van der Waals surface area contributed by atoms with Crippen LogP contribution in [0.3, 0.4) is 0 Å². The van der Waals surface area contributed by atoms with Crippen LogP contribution in [0.15, 0.2) is 23.0 Å². The van der Waals surface area contributed by atoms with E-state index in [9.17, 15) is 4.79 Å². The molecule has 1 aromatic heterocycles. The zero-order chi connectivity index (χ0) is 9.97. The number of nitrogens with zero attached hydrogens (tertiary/aromatic N) is 1. The Hall–Kier alpha value is -0.960. The first kappa shape index (κ1) is 9.59. The topological polar surface area (TPSA) is 33.5 Å². The second kappa shape index (κ2) is 4.05. The fourth-order valence-electron chi connectivity index (χ4n) is 1.64. The van der Waals surface area contributed by atoms with Gasteiger partial charge in [0, 0.05) is 19.5 Å². The molecule has 76 valence electrons. The van der Waals surface area contributed by atoms with Crippen LogP contribution in [-0.4, -0.2) is 29.3 Å². The molecule has 3 nitrogen and oxygen atoms in total. The summed E-state index contributed by atoms with van der Waals surface area (Å²) >= 11 is 5.88. The summed E-state index contributed by atoms with van der Waals surface area (Å²) in [5.74, 6) is 0.161. The lowest BCUT2D eigenvalue weighted by Crippen LogP contribution is -2.27. The quantitative estimate of drug-likeness (QED) is 0.716. The molecule has 1 aliphatic rings. The average Bonchev–Trinajstić information content (AvgIpc) is 2.72. The van der Waals surface area contributed by atoms with Crippen molar-refractivity contribution >= 4 is 17.5 Å². The van der Waals surface area contributed by atoms with Crippen molar-refractivity contribution in [3.05, 3.63) is 24.2 Å². The van der Waals surface area contributed by atoms with Gasteiger partial charge in [-0.3, -0.25) is 4.79 Å². The van der Waals surface area contributed by atoms with Gasteiger partial charge in [-0.2, -0.15) is 0 Å². The van der Waals surface area contributed by atoms with Crippen LogP contribution in [-0.2, 0) is 11.2 Å². The highest BCUT2D eigenvalue weighted by atomic mass is 35.5. The van der Waals surface area contributed by atoms with Gasteiger partial charge in [0.05, 0.1) is 17.9 Å². The van der Waals surface area contributed by atoms with Crippen molar-refractivity contribution in [1.82, 2.24) is 4.90 Å². The van der Waals surface area contributed by atoms with Gasteiger partial charge < -0.3 is 9.32 Å². The zero-order valence-corrected chi connectivity index (χ0v) is 8.54. The van der Waals surface area contributed by atoms with Crippen LogP contribution in [0.25, 0.3) is 0 Å². The van der Waals surface area contributed by atoms with Crippen LogP contribution < -0.4 is 0 Å². The lowest BCUT2D eigenvalue weighted by atomic mass is 10.2. The molecule has 0 bridgehead atoms. The van der Waals surface area contributed by atoms with Crippen molar-refractivity contribution in [3.63, 3.8) is 0 Å². The molecular formula is C10H12ClNO2. The van der Waals surface area contributed by atoms with Crippen molar-refractivity contribution in [1.29, 1.82) is 0 Å². The average molecular weight is 214 g/mol. The van der Waals surface area contributed by atoms with Gasteiger partial charge in [-0.1, -0.05) is 0 Å². The van der Waals surface area contributed by atoms with Gasteiger partial charge in [0.2, 0.25) is 5.91 Å². The summed E-state index contributed by atoms with van der Waals surface area (Å²) < 4.78 is 4.95. The Labute approximate surface area is 87.6 Å². The number of rotatable bonds is 3. The van der Waals surface area contributed by atoms with Gasteiger partial charge in [0.1, 0.15) is 0 Å². The molecule has 1 unspecified atom stereocenters. The lowest BCUT2D eigenvalue weighted by molar-refractivity contribution is -0.127. The molecule has 2 heterocycles. The summed E-state index contributed by atoms with van der Waals surface area (Å²) in [7, 11) is 0. The standard InChI is InChI=1S/C10H12ClNO2/c11-9-5-10(13)12(6-9)3-1-8-2-4-14-7-8/h2,4,7,9H,1,3,5-6H2. The van der Waals surface area contributed by atoms with Gasteiger partial charge in [-0.25, -0.2) is 0 Å². The number of alkyl halides is 1. The van der Waals surface area contributed by atoms with Crippen LogP contribution in [0.4, 0.5) is 0 Å². The van der Waals surface area contributed by atoms with Crippen LogP contribution in [0.2, 0.25) is 0 Å². The monoisotopic (exact) mass is 213 g/mol. The van der Waals surface area contributed by atoms with Gasteiger partial charge >= 0.3 is 0 Å². The normalized spacial score (nSPS) is 21.9. The molecule has 1 saturated heterocycles.